The summed E-state index contributed by atoms with van der Waals surface area (Å²) in [6.45, 7) is 1.98. The fraction of sp³-hybridized carbons (Fsp3) is 0.529. The molecule has 1 fully saturated rings. The molecular formula is C17H20N2O7. The molecule has 0 saturated heterocycles. The van der Waals surface area contributed by atoms with Crippen LogP contribution in [0.15, 0.2) is 12.1 Å². The molecule has 1 saturated carbocycles. The minimum absolute atomic E-state index is 0.0901. The van der Waals surface area contributed by atoms with Crippen LogP contribution in [0.25, 0.3) is 0 Å². The Kier molecular flexibility index (Phi) is 5.24. The fourth-order valence-electron chi connectivity index (χ4n) is 3.06. The third-order valence-electron chi connectivity index (χ3n) is 4.43. The number of amides is 1. The van der Waals surface area contributed by atoms with Crippen molar-refractivity contribution in [2.24, 2.45) is 0 Å². The molecule has 140 valence electrons. The quantitative estimate of drug-likeness (QED) is 0.482. The number of benzene rings is 1. The van der Waals surface area contributed by atoms with Gasteiger partial charge in [-0.05, 0) is 19.8 Å². The number of hydrogen-bond acceptors (Lipinski definition) is 7. The maximum absolute atomic E-state index is 12.4. The Morgan fingerprint density at radius 3 is 2.46 bits per heavy atom. The van der Waals surface area contributed by atoms with Gasteiger partial charge in [-0.25, -0.2) is 4.79 Å². The van der Waals surface area contributed by atoms with Gasteiger partial charge in [0.15, 0.2) is 17.6 Å². The van der Waals surface area contributed by atoms with Crippen molar-refractivity contribution in [3.05, 3.63) is 27.8 Å². The molecule has 0 unspecified atom stereocenters. The summed E-state index contributed by atoms with van der Waals surface area (Å²) in [5, 5.41) is 14.1. The molecule has 2 aliphatic rings. The summed E-state index contributed by atoms with van der Waals surface area (Å²) in [7, 11) is 0. The van der Waals surface area contributed by atoms with E-state index < -0.39 is 28.6 Å². The first-order valence-electron chi connectivity index (χ1n) is 8.55. The number of carbonyl (C=O) groups excluding carboxylic acids is 2. The van der Waals surface area contributed by atoms with Gasteiger partial charge in [0.05, 0.1) is 11.0 Å². The predicted molar refractivity (Wildman–Crippen MR) is 89.4 cm³/mol. The fourth-order valence-corrected chi connectivity index (χ4v) is 3.06. The molecule has 1 aliphatic carbocycles. The standard InChI is InChI=1S/C17H20N2O7/c1-10(16(20)18-11-4-2-3-5-11)26-17(21)12-8-14-15(25-7-6-24-14)9-13(12)19(22)23/h8-11H,2-7H2,1H3,(H,18,20)/t10-/m0/s1. The summed E-state index contributed by atoms with van der Waals surface area (Å²) in [4.78, 5) is 35.1. The van der Waals surface area contributed by atoms with Gasteiger partial charge >= 0.3 is 5.97 Å². The molecule has 26 heavy (non-hydrogen) atoms. The summed E-state index contributed by atoms with van der Waals surface area (Å²) in [5.41, 5.74) is -0.734. The minimum atomic E-state index is -1.06. The molecule has 0 aromatic heterocycles. The van der Waals surface area contributed by atoms with Gasteiger partial charge in [-0.3, -0.25) is 14.9 Å². The minimum Gasteiger partial charge on any atom is -0.486 e. The van der Waals surface area contributed by atoms with Gasteiger partial charge < -0.3 is 19.5 Å². The highest BCUT2D eigenvalue weighted by atomic mass is 16.6. The number of rotatable bonds is 5. The number of fused-ring (bicyclic) bond motifs is 1. The summed E-state index contributed by atoms with van der Waals surface area (Å²) in [5.74, 6) is -0.934. The normalized spacial score (nSPS) is 17.4. The SMILES string of the molecule is C[C@H](OC(=O)c1cc2c(cc1[N+](=O)[O-])OCCO2)C(=O)NC1CCCC1. The Hall–Kier alpha value is -2.84. The van der Waals surface area contributed by atoms with Crippen molar-refractivity contribution in [3.8, 4) is 11.5 Å². The number of ether oxygens (including phenoxy) is 3. The van der Waals surface area contributed by atoms with Crippen LogP contribution < -0.4 is 14.8 Å². The molecule has 1 amide bonds. The number of carbonyl (C=O) groups is 2. The lowest BCUT2D eigenvalue weighted by molar-refractivity contribution is -0.385. The van der Waals surface area contributed by atoms with Gasteiger partial charge in [-0.15, -0.1) is 0 Å². The van der Waals surface area contributed by atoms with E-state index in [0.717, 1.165) is 31.7 Å². The van der Waals surface area contributed by atoms with Crippen LogP contribution in [-0.4, -0.2) is 42.2 Å². The Morgan fingerprint density at radius 1 is 1.23 bits per heavy atom. The van der Waals surface area contributed by atoms with Crippen LogP contribution in [0.2, 0.25) is 0 Å². The van der Waals surface area contributed by atoms with Crippen LogP contribution in [0.5, 0.6) is 11.5 Å². The van der Waals surface area contributed by atoms with Gasteiger partial charge in [0, 0.05) is 12.1 Å². The molecule has 0 spiro atoms. The van der Waals surface area contributed by atoms with Gasteiger partial charge in [-0.2, -0.15) is 0 Å². The maximum Gasteiger partial charge on any atom is 0.346 e. The lowest BCUT2D eigenvalue weighted by Gasteiger charge is -2.20. The van der Waals surface area contributed by atoms with E-state index in [2.05, 4.69) is 5.32 Å². The van der Waals surface area contributed by atoms with Crippen molar-refractivity contribution in [2.45, 2.75) is 44.8 Å². The van der Waals surface area contributed by atoms with E-state index in [4.69, 9.17) is 14.2 Å². The second kappa shape index (κ2) is 7.59. The van der Waals surface area contributed by atoms with Crippen LogP contribution in [0.3, 0.4) is 0 Å². The van der Waals surface area contributed by atoms with E-state index in [1.54, 1.807) is 0 Å². The number of hydrogen-bond donors (Lipinski definition) is 1. The molecule has 3 rings (SSSR count). The van der Waals surface area contributed by atoms with Crippen LogP contribution >= 0.6 is 0 Å². The van der Waals surface area contributed by atoms with E-state index >= 15 is 0 Å². The molecule has 1 aromatic rings. The molecule has 1 heterocycles. The number of nitrogens with one attached hydrogen (secondary N) is 1. The lowest BCUT2D eigenvalue weighted by atomic mass is 10.1. The average molecular weight is 364 g/mol. The zero-order chi connectivity index (χ0) is 18.7. The van der Waals surface area contributed by atoms with Crippen LogP contribution in [0, 0.1) is 10.1 Å². The molecule has 0 radical (unpaired) electrons. The van der Waals surface area contributed by atoms with Crippen molar-refractivity contribution >= 4 is 17.6 Å². The van der Waals surface area contributed by atoms with E-state index in [-0.39, 0.29) is 36.3 Å². The largest absolute Gasteiger partial charge is 0.486 e. The predicted octanol–water partition coefficient (Wildman–Crippen LogP) is 1.97. The van der Waals surface area contributed by atoms with Crippen molar-refractivity contribution in [3.63, 3.8) is 0 Å². The van der Waals surface area contributed by atoms with Crippen molar-refractivity contribution < 1.29 is 28.7 Å². The Bertz CT molecular complexity index is 728. The van der Waals surface area contributed by atoms with Gasteiger partial charge in [-0.1, -0.05) is 12.8 Å². The van der Waals surface area contributed by atoms with Gasteiger partial charge in [0.25, 0.3) is 11.6 Å². The van der Waals surface area contributed by atoms with Crippen LogP contribution in [0.4, 0.5) is 5.69 Å². The number of nitro groups is 1. The molecule has 1 N–H and O–H groups in total. The number of esters is 1. The zero-order valence-electron chi connectivity index (χ0n) is 14.4. The summed E-state index contributed by atoms with van der Waals surface area (Å²) < 4.78 is 15.8. The highest BCUT2D eigenvalue weighted by molar-refractivity contribution is 5.96. The second-order valence-electron chi connectivity index (χ2n) is 6.31. The third-order valence-corrected chi connectivity index (χ3v) is 4.43. The van der Waals surface area contributed by atoms with Crippen molar-refractivity contribution in [1.82, 2.24) is 5.32 Å². The van der Waals surface area contributed by atoms with E-state index in [0.29, 0.717) is 0 Å². The van der Waals surface area contributed by atoms with Crippen molar-refractivity contribution in [2.75, 3.05) is 13.2 Å². The molecule has 9 heteroatoms. The highest BCUT2D eigenvalue weighted by Crippen LogP contribution is 2.37. The van der Waals surface area contributed by atoms with Gasteiger partial charge in [0.1, 0.15) is 18.8 Å². The van der Waals surface area contributed by atoms with Crippen molar-refractivity contribution in [1.29, 1.82) is 0 Å². The smallest absolute Gasteiger partial charge is 0.346 e. The molecule has 1 atom stereocenters. The first kappa shape index (κ1) is 18.0. The lowest BCUT2D eigenvalue weighted by Crippen LogP contribution is -2.40. The molecule has 0 bridgehead atoms. The summed E-state index contributed by atoms with van der Waals surface area (Å²) in [6, 6.07) is 2.44. The molecule has 9 nitrogen and oxygen atoms in total. The summed E-state index contributed by atoms with van der Waals surface area (Å²) in [6.07, 6.45) is 2.86. The number of nitrogens with zero attached hydrogens (tertiary/aromatic N) is 1. The topological polar surface area (TPSA) is 117 Å². The first-order chi connectivity index (χ1) is 12.5. The Balaban J connectivity index is 1.73. The first-order valence-corrected chi connectivity index (χ1v) is 8.55. The van der Waals surface area contributed by atoms with E-state index in [9.17, 15) is 19.7 Å². The number of nitro benzene ring substituents is 1. The van der Waals surface area contributed by atoms with Crippen LogP contribution in [-0.2, 0) is 9.53 Å². The molecular weight excluding hydrogens is 344 g/mol. The Labute approximate surface area is 149 Å². The van der Waals surface area contributed by atoms with E-state index in [1.807, 2.05) is 0 Å². The molecule has 1 aliphatic heterocycles. The second-order valence-corrected chi connectivity index (χ2v) is 6.31. The average Bonchev–Trinajstić information content (AvgIpc) is 3.13. The summed E-state index contributed by atoms with van der Waals surface area (Å²) >= 11 is 0. The van der Waals surface area contributed by atoms with Gasteiger partial charge in [0.2, 0.25) is 0 Å². The third kappa shape index (κ3) is 3.87. The molecule has 1 aromatic carbocycles. The zero-order valence-corrected chi connectivity index (χ0v) is 14.4. The highest BCUT2D eigenvalue weighted by Gasteiger charge is 2.30. The monoisotopic (exact) mass is 364 g/mol. The van der Waals surface area contributed by atoms with E-state index in [1.165, 1.54) is 13.0 Å². The van der Waals surface area contributed by atoms with Crippen LogP contribution in [0.1, 0.15) is 43.0 Å². The Morgan fingerprint density at radius 2 is 1.85 bits per heavy atom. The maximum atomic E-state index is 12.4.